The summed E-state index contributed by atoms with van der Waals surface area (Å²) < 4.78 is 0. The molecule has 1 saturated carbocycles. The smallest absolute Gasteiger partial charge is 0.134 e. The van der Waals surface area contributed by atoms with E-state index in [4.69, 9.17) is 0 Å². The summed E-state index contributed by atoms with van der Waals surface area (Å²) in [6, 6.07) is 11.2. The van der Waals surface area contributed by atoms with E-state index >= 15 is 0 Å². The van der Waals surface area contributed by atoms with Crippen molar-refractivity contribution in [1.82, 2.24) is 4.90 Å². The molecule has 1 aromatic rings. The lowest BCUT2D eigenvalue weighted by Crippen LogP contribution is -2.43. The predicted octanol–water partition coefficient (Wildman–Crippen LogP) is 3.41. The normalized spacial score (nSPS) is 28.7. The molecule has 2 unspecified atom stereocenters. The molecule has 1 heterocycles. The third-order valence-electron chi connectivity index (χ3n) is 4.74. The molecular weight excluding hydrogens is 234 g/mol. The van der Waals surface area contributed by atoms with Crippen molar-refractivity contribution < 1.29 is 4.79 Å². The molecule has 2 nitrogen and oxygen atoms in total. The maximum atomic E-state index is 11.8. The van der Waals surface area contributed by atoms with E-state index in [9.17, 15) is 4.79 Å². The van der Waals surface area contributed by atoms with Crippen molar-refractivity contribution in [2.45, 2.75) is 51.1 Å². The molecule has 0 radical (unpaired) electrons. The van der Waals surface area contributed by atoms with E-state index in [2.05, 4.69) is 35.2 Å². The second kappa shape index (κ2) is 5.87. The van der Waals surface area contributed by atoms with Gasteiger partial charge in [-0.15, -0.1) is 0 Å². The average Bonchev–Trinajstić information content (AvgIpc) is 2.63. The van der Waals surface area contributed by atoms with Gasteiger partial charge in [0.05, 0.1) is 0 Å². The number of likely N-dealkylation sites (tertiary alicyclic amines) is 1. The van der Waals surface area contributed by atoms with Crippen molar-refractivity contribution in [1.29, 1.82) is 0 Å². The quantitative estimate of drug-likeness (QED) is 0.809. The zero-order chi connectivity index (χ0) is 13.1. The van der Waals surface area contributed by atoms with Crippen LogP contribution in [0.25, 0.3) is 0 Å². The maximum absolute atomic E-state index is 11.8. The number of carbonyl (C=O) groups excluding carboxylic acids is 1. The van der Waals surface area contributed by atoms with E-state index in [-0.39, 0.29) is 0 Å². The number of rotatable bonds is 2. The first-order valence-corrected chi connectivity index (χ1v) is 7.62. The van der Waals surface area contributed by atoms with Crippen LogP contribution in [0.15, 0.2) is 30.3 Å². The summed E-state index contributed by atoms with van der Waals surface area (Å²) >= 11 is 0. The molecule has 2 fully saturated rings. The standard InChI is InChI=1S/C17H23NO/c19-16-10-9-15-8-4-5-11-18(17(15)12-16)13-14-6-2-1-3-7-14/h1-3,6-7,15,17H,4-5,8-13H2. The van der Waals surface area contributed by atoms with Crippen LogP contribution in [-0.2, 0) is 11.3 Å². The van der Waals surface area contributed by atoms with Crippen LogP contribution in [0.5, 0.6) is 0 Å². The van der Waals surface area contributed by atoms with E-state index in [0.29, 0.717) is 11.8 Å². The highest BCUT2D eigenvalue weighted by atomic mass is 16.1. The lowest BCUT2D eigenvalue weighted by Gasteiger charge is -2.37. The van der Waals surface area contributed by atoms with E-state index < -0.39 is 0 Å². The van der Waals surface area contributed by atoms with Crippen molar-refractivity contribution in [3.8, 4) is 0 Å². The van der Waals surface area contributed by atoms with E-state index in [1.165, 1.54) is 24.8 Å². The highest BCUT2D eigenvalue weighted by Crippen LogP contribution is 2.33. The van der Waals surface area contributed by atoms with Gasteiger partial charge in [0.15, 0.2) is 0 Å². The Hall–Kier alpha value is -1.15. The van der Waals surface area contributed by atoms with Crippen LogP contribution in [0, 0.1) is 5.92 Å². The third-order valence-corrected chi connectivity index (χ3v) is 4.74. The third kappa shape index (κ3) is 3.06. The molecule has 102 valence electrons. The Morgan fingerprint density at radius 2 is 1.95 bits per heavy atom. The molecule has 0 aromatic heterocycles. The van der Waals surface area contributed by atoms with Gasteiger partial charge in [0.25, 0.3) is 0 Å². The fourth-order valence-corrected chi connectivity index (χ4v) is 3.71. The van der Waals surface area contributed by atoms with Gasteiger partial charge in [-0.3, -0.25) is 9.69 Å². The zero-order valence-electron chi connectivity index (χ0n) is 11.6. The van der Waals surface area contributed by atoms with Crippen molar-refractivity contribution in [3.63, 3.8) is 0 Å². The Kier molecular flexibility index (Phi) is 3.97. The first-order valence-electron chi connectivity index (χ1n) is 7.62. The first kappa shape index (κ1) is 12.9. The molecule has 2 aliphatic rings. The largest absolute Gasteiger partial charge is 0.300 e. The van der Waals surface area contributed by atoms with E-state index in [1.54, 1.807) is 0 Å². The van der Waals surface area contributed by atoms with Crippen LogP contribution in [0.3, 0.4) is 0 Å². The Labute approximate surface area is 115 Å². The second-order valence-electron chi connectivity index (χ2n) is 6.06. The Morgan fingerprint density at radius 1 is 1.11 bits per heavy atom. The minimum Gasteiger partial charge on any atom is -0.300 e. The molecule has 0 bridgehead atoms. The number of fused-ring (bicyclic) bond motifs is 1. The molecule has 2 atom stereocenters. The number of benzene rings is 1. The lowest BCUT2D eigenvalue weighted by atomic mass is 9.81. The Morgan fingerprint density at radius 3 is 2.79 bits per heavy atom. The first-order chi connectivity index (χ1) is 9.33. The summed E-state index contributed by atoms with van der Waals surface area (Å²) in [5.41, 5.74) is 1.38. The SMILES string of the molecule is O=C1CCC2CCCCN(Cc3ccccc3)C2C1. The van der Waals surface area contributed by atoms with Gasteiger partial charge >= 0.3 is 0 Å². The number of carbonyl (C=O) groups is 1. The summed E-state index contributed by atoms with van der Waals surface area (Å²) in [6.07, 6.45) is 6.67. The van der Waals surface area contributed by atoms with Gasteiger partial charge in [-0.1, -0.05) is 36.8 Å². The molecule has 1 aromatic carbocycles. The summed E-state index contributed by atoms with van der Waals surface area (Å²) in [4.78, 5) is 14.4. The van der Waals surface area contributed by atoms with Crippen LogP contribution < -0.4 is 0 Å². The Balaban J connectivity index is 1.75. The molecule has 1 aliphatic heterocycles. The molecule has 2 heteroatoms. The van der Waals surface area contributed by atoms with Crippen molar-refractivity contribution in [2.24, 2.45) is 5.92 Å². The van der Waals surface area contributed by atoms with Crippen LogP contribution in [0.1, 0.15) is 44.1 Å². The highest BCUT2D eigenvalue weighted by Gasteiger charge is 2.34. The van der Waals surface area contributed by atoms with Gasteiger partial charge in [-0.25, -0.2) is 0 Å². The number of nitrogens with zero attached hydrogens (tertiary/aromatic N) is 1. The molecule has 0 N–H and O–H groups in total. The molecule has 0 spiro atoms. The summed E-state index contributed by atoms with van der Waals surface area (Å²) in [5.74, 6) is 1.23. The van der Waals surface area contributed by atoms with Gasteiger partial charge in [0, 0.05) is 25.4 Å². The van der Waals surface area contributed by atoms with Gasteiger partial charge < -0.3 is 0 Å². The minimum atomic E-state index is 0.473. The topological polar surface area (TPSA) is 20.3 Å². The molecule has 3 rings (SSSR count). The van der Waals surface area contributed by atoms with Crippen LogP contribution in [0.2, 0.25) is 0 Å². The molecule has 1 saturated heterocycles. The van der Waals surface area contributed by atoms with Gasteiger partial charge in [0.2, 0.25) is 0 Å². The zero-order valence-corrected chi connectivity index (χ0v) is 11.6. The van der Waals surface area contributed by atoms with Crippen LogP contribution in [0.4, 0.5) is 0 Å². The van der Waals surface area contributed by atoms with Gasteiger partial charge in [-0.05, 0) is 37.3 Å². The maximum Gasteiger partial charge on any atom is 0.134 e. The summed E-state index contributed by atoms with van der Waals surface area (Å²) in [5, 5.41) is 0. The second-order valence-corrected chi connectivity index (χ2v) is 6.06. The van der Waals surface area contributed by atoms with Crippen LogP contribution in [-0.4, -0.2) is 23.3 Å². The molecular formula is C17H23NO. The summed E-state index contributed by atoms with van der Waals surface area (Å²) in [7, 11) is 0. The molecule has 19 heavy (non-hydrogen) atoms. The van der Waals surface area contributed by atoms with Crippen molar-refractivity contribution >= 4 is 5.78 Å². The summed E-state index contributed by atoms with van der Waals surface area (Å²) in [6.45, 7) is 2.17. The van der Waals surface area contributed by atoms with E-state index in [1.807, 2.05) is 0 Å². The fourth-order valence-electron chi connectivity index (χ4n) is 3.71. The highest BCUT2D eigenvalue weighted by molar-refractivity contribution is 5.79. The number of hydrogen-bond donors (Lipinski definition) is 0. The van der Waals surface area contributed by atoms with Crippen LogP contribution >= 0.6 is 0 Å². The minimum absolute atomic E-state index is 0.473. The van der Waals surface area contributed by atoms with E-state index in [0.717, 1.165) is 38.3 Å². The average molecular weight is 257 g/mol. The lowest BCUT2D eigenvalue weighted by molar-refractivity contribution is -0.123. The Bertz CT molecular complexity index is 428. The van der Waals surface area contributed by atoms with Gasteiger partial charge in [0.1, 0.15) is 5.78 Å². The molecule has 1 aliphatic carbocycles. The number of Topliss-reactive ketones (excluding diaryl/α,β-unsaturated/α-hetero) is 1. The predicted molar refractivity (Wildman–Crippen MR) is 76.8 cm³/mol. The van der Waals surface area contributed by atoms with Crippen molar-refractivity contribution in [3.05, 3.63) is 35.9 Å². The fraction of sp³-hybridized carbons (Fsp3) is 0.588. The van der Waals surface area contributed by atoms with Gasteiger partial charge in [-0.2, -0.15) is 0 Å². The number of ketones is 1. The number of hydrogen-bond acceptors (Lipinski definition) is 2. The molecule has 0 amide bonds. The monoisotopic (exact) mass is 257 g/mol. The van der Waals surface area contributed by atoms with Crippen molar-refractivity contribution in [2.75, 3.05) is 6.54 Å².